The van der Waals surface area contributed by atoms with Crippen LogP contribution in [0.5, 0.6) is 0 Å². The minimum atomic E-state index is -0.811. The molecule has 6 heteroatoms. The zero-order valence-corrected chi connectivity index (χ0v) is 13.0. The third kappa shape index (κ3) is 3.75. The molecule has 5 nitrogen and oxygen atoms in total. The van der Waals surface area contributed by atoms with Crippen molar-refractivity contribution >= 4 is 17.7 Å². The Morgan fingerprint density at radius 3 is 2.80 bits per heavy atom. The molecule has 2 rings (SSSR count). The zero-order valence-electron chi connectivity index (χ0n) is 12.2. The summed E-state index contributed by atoms with van der Waals surface area (Å²) in [4.78, 5) is 10.7. The SMILES string of the molecule is CCc1nnc(SCC(=O)O)n1CC1CCCCC1C. The summed E-state index contributed by atoms with van der Waals surface area (Å²) in [6, 6.07) is 0. The summed E-state index contributed by atoms with van der Waals surface area (Å²) in [5.41, 5.74) is 0. The van der Waals surface area contributed by atoms with Crippen molar-refractivity contribution in [3.8, 4) is 0 Å². The number of aromatic nitrogens is 3. The van der Waals surface area contributed by atoms with E-state index in [1.165, 1.54) is 37.4 Å². The van der Waals surface area contributed by atoms with Gasteiger partial charge in [0.15, 0.2) is 5.16 Å². The van der Waals surface area contributed by atoms with E-state index in [9.17, 15) is 4.79 Å². The topological polar surface area (TPSA) is 68.0 Å². The third-order valence-corrected chi connectivity index (χ3v) is 5.09. The lowest BCUT2D eigenvalue weighted by atomic mass is 9.80. The largest absolute Gasteiger partial charge is 0.481 e. The van der Waals surface area contributed by atoms with Gasteiger partial charge in [0.25, 0.3) is 0 Å². The van der Waals surface area contributed by atoms with Gasteiger partial charge in [-0.1, -0.05) is 44.9 Å². The minimum absolute atomic E-state index is 0.0437. The molecule has 1 saturated carbocycles. The van der Waals surface area contributed by atoms with Crippen LogP contribution in [-0.2, 0) is 17.8 Å². The predicted octanol–water partition coefficient (Wildman–Crippen LogP) is 2.84. The Morgan fingerprint density at radius 2 is 2.15 bits per heavy atom. The molecule has 2 atom stereocenters. The van der Waals surface area contributed by atoms with Crippen LogP contribution in [-0.4, -0.2) is 31.6 Å². The highest BCUT2D eigenvalue weighted by Gasteiger charge is 2.24. The van der Waals surface area contributed by atoms with Crippen LogP contribution in [0.15, 0.2) is 5.16 Å². The summed E-state index contributed by atoms with van der Waals surface area (Å²) in [6.45, 7) is 5.32. The number of carboxylic acids is 1. The fourth-order valence-electron chi connectivity index (χ4n) is 2.90. The molecule has 0 bridgehead atoms. The molecule has 1 heterocycles. The van der Waals surface area contributed by atoms with E-state index in [0.29, 0.717) is 5.92 Å². The Kier molecular flexibility index (Phi) is 5.46. The molecule has 0 radical (unpaired) electrons. The van der Waals surface area contributed by atoms with Gasteiger partial charge in [-0.3, -0.25) is 4.79 Å². The lowest BCUT2D eigenvalue weighted by molar-refractivity contribution is -0.133. The monoisotopic (exact) mass is 297 g/mol. The maximum absolute atomic E-state index is 10.7. The Hall–Kier alpha value is -1.04. The van der Waals surface area contributed by atoms with Gasteiger partial charge in [0.2, 0.25) is 0 Å². The Morgan fingerprint density at radius 1 is 1.40 bits per heavy atom. The molecule has 1 N–H and O–H groups in total. The lowest BCUT2D eigenvalue weighted by Gasteiger charge is -2.29. The van der Waals surface area contributed by atoms with Crippen LogP contribution in [0.2, 0.25) is 0 Å². The van der Waals surface area contributed by atoms with Crippen LogP contribution in [0.3, 0.4) is 0 Å². The molecule has 1 aromatic heterocycles. The van der Waals surface area contributed by atoms with Crippen LogP contribution in [0, 0.1) is 11.8 Å². The third-order valence-electron chi connectivity index (χ3n) is 4.14. The highest BCUT2D eigenvalue weighted by molar-refractivity contribution is 7.99. The summed E-state index contributed by atoms with van der Waals surface area (Å²) in [5.74, 6) is 1.59. The van der Waals surface area contributed by atoms with Crippen LogP contribution >= 0.6 is 11.8 Å². The summed E-state index contributed by atoms with van der Waals surface area (Å²) >= 11 is 1.27. The van der Waals surface area contributed by atoms with E-state index in [1.807, 2.05) is 0 Å². The molecule has 1 aromatic rings. The molecule has 0 aromatic carbocycles. The van der Waals surface area contributed by atoms with Gasteiger partial charge in [-0.05, 0) is 18.3 Å². The lowest BCUT2D eigenvalue weighted by Crippen LogP contribution is -2.23. The van der Waals surface area contributed by atoms with E-state index in [-0.39, 0.29) is 5.75 Å². The number of aryl methyl sites for hydroxylation is 1. The van der Waals surface area contributed by atoms with E-state index in [1.54, 1.807) is 0 Å². The molecule has 0 amide bonds. The van der Waals surface area contributed by atoms with Crippen LogP contribution in [0.4, 0.5) is 0 Å². The molecular weight excluding hydrogens is 274 g/mol. The van der Waals surface area contributed by atoms with Gasteiger partial charge >= 0.3 is 5.97 Å². The van der Waals surface area contributed by atoms with Gasteiger partial charge < -0.3 is 9.67 Å². The second kappa shape index (κ2) is 7.11. The van der Waals surface area contributed by atoms with Crippen LogP contribution in [0.1, 0.15) is 45.4 Å². The Balaban J connectivity index is 2.11. The number of aliphatic carboxylic acids is 1. The molecule has 0 saturated heterocycles. The molecule has 2 unspecified atom stereocenters. The van der Waals surface area contributed by atoms with Gasteiger partial charge in [0.1, 0.15) is 5.82 Å². The zero-order chi connectivity index (χ0) is 14.5. The summed E-state index contributed by atoms with van der Waals surface area (Å²) < 4.78 is 2.14. The maximum atomic E-state index is 10.7. The van der Waals surface area contributed by atoms with Crippen LogP contribution in [0.25, 0.3) is 0 Å². The van der Waals surface area contributed by atoms with Crippen molar-refractivity contribution in [2.75, 3.05) is 5.75 Å². The molecule has 112 valence electrons. The summed E-state index contributed by atoms with van der Waals surface area (Å²) in [7, 11) is 0. The normalized spacial score (nSPS) is 22.9. The van der Waals surface area contributed by atoms with Crippen LogP contribution < -0.4 is 0 Å². The first kappa shape index (κ1) is 15.4. The van der Waals surface area contributed by atoms with E-state index >= 15 is 0 Å². The van der Waals surface area contributed by atoms with Crippen molar-refractivity contribution in [1.29, 1.82) is 0 Å². The van der Waals surface area contributed by atoms with Crippen molar-refractivity contribution in [3.63, 3.8) is 0 Å². The number of hydrogen-bond acceptors (Lipinski definition) is 4. The summed E-state index contributed by atoms with van der Waals surface area (Å²) in [5, 5.41) is 17.9. The number of hydrogen-bond donors (Lipinski definition) is 1. The molecule has 0 spiro atoms. The molecule has 0 aliphatic heterocycles. The van der Waals surface area contributed by atoms with E-state index in [2.05, 4.69) is 28.6 Å². The van der Waals surface area contributed by atoms with Crippen molar-refractivity contribution < 1.29 is 9.90 Å². The molecule has 1 fully saturated rings. The second-order valence-electron chi connectivity index (χ2n) is 5.57. The highest BCUT2D eigenvalue weighted by atomic mass is 32.2. The van der Waals surface area contributed by atoms with E-state index in [0.717, 1.165) is 29.9 Å². The van der Waals surface area contributed by atoms with Crippen molar-refractivity contribution in [2.24, 2.45) is 11.8 Å². The first-order chi connectivity index (χ1) is 9.61. The van der Waals surface area contributed by atoms with Gasteiger partial charge in [-0.15, -0.1) is 10.2 Å². The number of carboxylic acid groups (broad SMARTS) is 1. The average Bonchev–Trinajstić information content (AvgIpc) is 2.81. The fourth-order valence-corrected chi connectivity index (χ4v) is 3.58. The number of carbonyl (C=O) groups is 1. The number of rotatable bonds is 6. The second-order valence-corrected chi connectivity index (χ2v) is 6.51. The first-order valence-corrected chi connectivity index (χ1v) is 8.37. The van der Waals surface area contributed by atoms with E-state index < -0.39 is 5.97 Å². The smallest absolute Gasteiger partial charge is 0.313 e. The quantitative estimate of drug-likeness (QED) is 0.818. The number of nitrogens with zero attached hydrogens (tertiary/aromatic N) is 3. The minimum Gasteiger partial charge on any atom is -0.481 e. The first-order valence-electron chi connectivity index (χ1n) is 7.38. The Labute approximate surface area is 124 Å². The fraction of sp³-hybridized carbons (Fsp3) is 0.786. The Bertz CT molecular complexity index is 461. The van der Waals surface area contributed by atoms with Crippen molar-refractivity contribution in [3.05, 3.63) is 5.82 Å². The molecular formula is C14H23N3O2S. The van der Waals surface area contributed by atoms with Gasteiger partial charge in [-0.25, -0.2) is 0 Å². The van der Waals surface area contributed by atoms with Crippen molar-refractivity contribution in [2.45, 2.75) is 57.7 Å². The molecule has 20 heavy (non-hydrogen) atoms. The predicted molar refractivity (Wildman–Crippen MR) is 78.9 cm³/mol. The summed E-state index contributed by atoms with van der Waals surface area (Å²) in [6.07, 6.45) is 6.02. The average molecular weight is 297 g/mol. The standard InChI is InChI=1S/C14H23N3O2S/c1-3-12-15-16-14(20-9-13(18)19)17(12)8-11-7-5-4-6-10(11)2/h10-11H,3-9H2,1-2H3,(H,18,19). The van der Waals surface area contributed by atoms with Gasteiger partial charge in [0.05, 0.1) is 5.75 Å². The highest BCUT2D eigenvalue weighted by Crippen LogP contribution is 2.32. The van der Waals surface area contributed by atoms with Gasteiger partial charge in [0, 0.05) is 13.0 Å². The van der Waals surface area contributed by atoms with Gasteiger partial charge in [-0.2, -0.15) is 0 Å². The van der Waals surface area contributed by atoms with Crippen molar-refractivity contribution in [1.82, 2.24) is 14.8 Å². The molecule has 1 aliphatic rings. The maximum Gasteiger partial charge on any atom is 0.313 e. The number of thioether (sulfide) groups is 1. The molecule has 1 aliphatic carbocycles. The van der Waals surface area contributed by atoms with E-state index in [4.69, 9.17) is 5.11 Å².